The summed E-state index contributed by atoms with van der Waals surface area (Å²) in [6.45, 7) is -0.366. The van der Waals surface area contributed by atoms with E-state index in [1.165, 1.54) is 0 Å². The van der Waals surface area contributed by atoms with Gasteiger partial charge in [-0.2, -0.15) is 0 Å². The number of ketones is 1. The van der Waals surface area contributed by atoms with E-state index >= 15 is 0 Å². The zero-order valence-corrected chi connectivity index (χ0v) is 15.1. The second kappa shape index (κ2) is 9.28. The number of Topliss-reactive ketones (excluding diaryl/α,β-unsaturated/α-hetero) is 1. The van der Waals surface area contributed by atoms with Crippen molar-refractivity contribution >= 4 is 23.3 Å². The number of amides is 1. The zero-order valence-electron chi connectivity index (χ0n) is 15.1. The van der Waals surface area contributed by atoms with Gasteiger partial charge in [0, 0.05) is 5.56 Å². The van der Waals surface area contributed by atoms with Crippen molar-refractivity contribution in [1.29, 1.82) is 0 Å². The lowest BCUT2D eigenvalue weighted by Gasteiger charge is -2.11. The molecule has 0 unspecified atom stereocenters. The van der Waals surface area contributed by atoms with E-state index in [2.05, 4.69) is 5.32 Å². The molecule has 0 aliphatic heterocycles. The van der Waals surface area contributed by atoms with E-state index < -0.39 is 5.97 Å². The van der Waals surface area contributed by atoms with Crippen LogP contribution in [0, 0.1) is 0 Å². The van der Waals surface area contributed by atoms with E-state index in [1.54, 1.807) is 54.6 Å². The van der Waals surface area contributed by atoms with Crippen LogP contribution in [0.1, 0.15) is 26.3 Å². The Kier molecular flexibility index (Phi) is 6.31. The van der Waals surface area contributed by atoms with Gasteiger partial charge in [-0.05, 0) is 17.7 Å². The summed E-state index contributed by atoms with van der Waals surface area (Å²) in [6, 6.07) is 24.5. The maximum atomic E-state index is 12.4. The number of hydrogen-bond donors (Lipinski definition) is 1. The van der Waals surface area contributed by atoms with Gasteiger partial charge in [0.2, 0.25) is 5.91 Å². The fourth-order valence-corrected chi connectivity index (χ4v) is 2.66. The average molecular weight is 373 g/mol. The number of rotatable bonds is 7. The van der Waals surface area contributed by atoms with Gasteiger partial charge in [0.25, 0.3) is 0 Å². The Labute approximate surface area is 163 Å². The third-order valence-electron chi connectivity index (χ3n) is 4.06. The highest BCUT2D eigenvalue weighted by Crippen LogP contribution is 2.17. The molecule has 0 radical (unpaired) electrons. The molecule has 5 nitrogen and oxygen atoms in total. The minimum atomic E-state index is -0.667. The molecule has 1 amide bonds. The van der Waals surface area contributed by atoms with Crippen molar-refractivity contribution in [3.63, 3.8) is 0 Å². The zero-order chi connectivity index (χ0) is 19.8. The van der Waals surface area contributed by atoms with Gasteiger partial charge in [-0.15, -0.1) is 0 Å². The molecule has 28 heavy (non-hydrogen) atoms. The molecule has 3 aromatic rings. The number of para-hydroxylation sites is 1. The molecule has 0 saturated carbocycles. The summed E-state index contributed by atoms with van der Waals surface area (Å²) in [5, 5.41) is 2.73. The molecule has 0 aliphatic rings. The van der Waals surface area contributed by atoms with Crippen LogP contribution in [0.25, 0.3) is 0 Å². The molecule has 5 heteroatoms. The predicted octanol–water partition coefficient (Wildman–Crippen LogP) is 3.91. The number of hydrogen-bond acceptors (Lipinski definition) is 4. The fraction of sp³-hybridized carbons (Fsp3) is 0.0870. The minimum Gasteiger partial charge on any atom is -0.454 e. The van der Waals surface area contributed by atoms with Crippen LogP contribution in [-0.4, -0.2) is 24.3 Å². The van der Waals surface area contributed by atoms with Gasteiger partial charge in [-0.3, -0.25) is 9.59 Å². The van der Waals surface area contributed by atoms with Crippen LogP contribution in [0.4, 0.5) is 5.69 Å². The highest BCUT2D eigenvalue weighted by atomic mass is 16.5. The Balaban J connectivity index is 1.63. The maximum Gasteiger partial charge on any atom is 0.340 e. The highest BCUT2D eigenvalue weighted by Gasteiger charge is 2.16. The molecule has 3 aromatic carbocycles. The van der Waals surface area contributed by atoms with Crippen molar-refractivity contribution in [2.45, 2.75) is 6.42 Å². The van der Waals surface area contributed by atoms with Gasteiger partial charge in [-0.25, -0.2) is 4.79 Å². The first-order valence-electron chi connectivity index (χ1n) is 8.81. The van der Waals surface area contributed by atoms with E-state index in [1.807, 2.05) is 30.3 Å². The van der Waals surface area contributed by atoms with Crippen LogP contribution in [-0.2, 0) is 16.0 Å². The lowest BCUT2D eigenvalue weighted by molar-refractivity contribution is -0.115. The Bertz CT molecular complexity index is 968. The Morgan fingerprint density at radius 2 is 1.36 bits per heavy atom. The van der Waals surface area contributed by atoms with Gasteiger partial charge in [-0.1, -0.05) is 72.8 Å². The van der Waals surface area contributed by atoms with Gasteiger partial charge < -0.3 is 10.1 Å². The quantitative estimate of drug-likeness (QED) is 0.503. The van der Waals surface area contributed by atoms with E-state index in [0.717, 1.165) is 5.56 Å². The summed E-state index contributed by atoms with van der Waals surface area (Å²) in [5.41, 5.74) is 1.89. The lowest BCUT2D eigenvalue weighted by atomic mass is 10.1. The Morgan fingerprint density at radius 1 is 0.750 bits per heavy atom. The SMILES string of the molecule is O=C(Cc1ccccc1)Nc1ccccc1C(=O)OCC(=O)c1ccccc1. The standard InChI is InChI=1S/C23H19NO4/c25-21(18-11-5-2-6-12-18)16-28-23(27)19-13-7-8-14-20(19)24-22(26)15-17-9-3-1-4-10-17/h1-14H,15-16H2,(H,24,26). The van der Waals surface area contributed by atoms with Gasteiger partial charge in [0.05, 0.1) is 17.7 Å². The third kappa shape index (κ3) is 5.14. The summed E-state index contributed by atoms with van der Waals surface area (Å²) < 4.78 is 5.15. The molecule has 0 saturated heterocycles. The van der Waals surface area contributed by atoms with Crippen molar-refractivity contribution in [3.8, 4) is 0 Å². The van der Waals surface area contributed by atoms with Crippen molar-refractivity contribution in [1.82, 2.24) is 0 Å². The van der Waals surface area contributed by atoms with Gasteiger partial charge in [0.15, 0.2) is 12.4 Å². The molecule has 0 spiro atoms. The topological polar surface area (TPSA) is 72.5 Å². The normalized spacial score (nSPS) is 10.1. The second-order valence-electron chi connectivity index (χ2n) is 6.12. The number of nitrogens with one attached hydrogen (secondary N) is 1. The summed E-state index contributed by atoms with van der Waals surface area (Å²) in [4.78, 5) is 36.8. The third-order valence-corrected chi connectivity index (χ3v) is 4.06. The van der Waals surface area contributed by atoms with E-state index in [-0.39, 0.29) is 30.3 Å². The van der Waals surface area contributed by atoms with Crippen LogP contribution in [0.2, 0.25) is 0 Å². The fourth-order valence-electron chi connectivity index (χ4n) is 2.66. The number of benzene rings is 3. The number of anilines is 1. The molecule has 0 heterocycles. The largest absolute Gasteiger partial charge is 0.454 e. The number of carbonyl (C=O) groups excluding carboxylic acids is 3. The molecule has 140 valence electrons. The van der Waals surface area contributed by atoms with Crippen LogP contribution in [0.5, 0.6) is 0 Å². The molecular weight excluding hydrogens is 354 g/mol. The van der Waals surface area contributed by atoms with Crippen LogP contribution < -0.4 is 5.32 Å². The second-order valence-corrected chi connectivity index (χ2v) is 6.12. The summed E-state index contributed by atoms with van der Waals surface area (Å²) in [5.74, 6) is -1.20. The Morgan fingerprint density at radius 3 is 2.07 bits per heavy atom. The molecule has 3 rings (SSSR count). The molecule has 1 N–H and O–H groups in total. The lowest BCUT2D eigenvalue weighted by Crippen LogP contribution is -2.19. The first kappa shape index (κ1) is 19.0. The monoisotopic (exact) mass is 373 g/mol. The summed E-state index contributed by atoms with van der Waals surface area (Å²) in [6.07, 6.45) is 0.191. The summed E-state index contributed by atoms with van der Waals surface area (Å²) in [7, 11) is 0. The molecule has 0 bridgehead atoms. The van der Waals surface area contributed by atoms with Crippen molar-refractivity contribution in [2.75, 3.05) is 11.9 Å². The van der Waals surface area contributed by atoms with E-state index in [0.29, 0.717) is 11.3 Å². The number of esters is 1. The smallest absolute Gasteiger partial charge is 0.340 e. The van der Waals surface area contributed by atoms with E-state index in [4.69, 9.17) is 4.74 Å². The number of ether oxygens (including phenoxy) is 1. The first-order valence-corrected chi connectivity index (χ1v) is 8.81. The van der Waals surface area contributed by atoms with Crippen molar-refractivity contribution in [2.24, 2.45) is 0 Å². The maximum absolute atomic E-state index is 12.4. The van der Waals surface area contributed by atoms with Gasteiger partial charge in [0.1, 0.15) is 0 Å². The number of carbonyl (C=O) groups is 3. The Hall–Kier alpha value is -3.73. The van der Waals surface area contributed by atoms with Crippen molar-refractivity contribution < 1.29 is 19.1 Å². The van der Waals surface area contributed by atoms with E-state index in [9.17, 15) is 14.4 Å². The average Bonchev–Trinajstić information content (AvgIpc) is 2.73. The molecule has 0 aromatic heterocycles. The minimum absolute atomic E-state index is 0.191. The molecule has 0 fully saturated rings. The molecule has 0 atom stereocenters. The summed E-state index contributed by atoms with van der Waals surface area (Å²) >= 11 is 0. The van der Waals surface area contributed by atoms with Crippen LogP contribution in [0.15, 0.2) is 84.9 Å². The first-order chi connectivity index (χ1) is 13.6. The molecule has 0 aliphatic carbocycles. The van der Waals surface area contributed by atoms with Crippen molar-refractivity contribution in [3.05, 3.63) is 102 Å². The van der Waals surface area contributed by atoms with Crippen LogP contribution in [0.3, 0.4) is 0 Å². The van der Waals surface area contributed by atoms with Gasteiger partial charge >= 0.3 is 5.97 Å². The van der Waals surface area contributed by atoms with Crippen LogP contribution >= 0.6 is 0 Å². The predicted molar refractivity (Wildman–Crippen MR) is 106 cm³/mol. The molecular formula is C23H19NO4. The highest BCUT2D eigenvalue weighted by molar-refractivity contribution is 6.03.